The maximum atomic E-state index is 7.48. The quantitative estimate of drug-likeness (QED) is 0.131. The smallest absolute Gasteiger partial charge is 0.0273 e. The number of hydrogen-bond donors (Lipinski definition) is 1. The molecule has 0 unspecified atom stereocenters. The van der Waals surface area contributed by atoms with Crippen molar-refractivity contribution in [2.45, 2.75) is 6.92 Å². The van der Waals surface area contributed by atoms with Crippen LogP contribution in [0.2, 0.25) is 0 Å². The highest BCUT2D eigenvalue weighted by molar-refractivity contribution is 6.28. The second-order valence-electron chi connectivity index (χ2n) is 10.5. The molecule has 0 saturated heterocycles. The Morgan fingerprint density at radius 1 is 0.634 bits per heavy atom. The summed E-state index contributed by atoms with van der Waals surface area (Å²) >= 11 is 0. The second kappa shape index (κ2) is 10.0. The Balaban J connectivity index is 1.48. The molecule has 1 aromatic heterocycles. The highest BCUT2D eigenvalue weighted by Gasteiger charge is 2.17. The van der Waals surface area contributed by atoms with E-state index in [1.54, 1.807) is 12.2 Å². The highest BCUT2D eigenvalue weighted by atomic mass is 14.6. The van der Waals surface area contributed by atoms with E-state index >= 15 is 0 Å². The average molecular weight is 525 g/mol. The Bertz CT molecular complexity index is 2080. The molecule has 7 aromatic rings. The van der Waals surface area contributed by atoms with Crippen molar-refractivity contribution in [1.82, 2.24) is 4.98 Å². The van der Waals surface area contributed by atoms with Crippen LogP contribution in [-0.2, 0) is 0 Å². The van der Waals surface area contributed by atoms with Crippen LogP contribution < -0.4 is 0 Å². The lowest BCUT2D eigenvalue weighted by Gasteiger charge is -2.19. The van der Waals surface area contributed by atoms with Gasteiger partial charge in [0.2, 0.25) is 0 Å². The van der Waals surface area contributed by atoms with Crippen LogP contribution >= 0.6 is 0 Å². The summed E-state index contributed by atoms with van der Waals surface area (Å²) in [5.41, 5.74) is 10.4. The third-order valence-electron chi connectivity index (χ3n) is 8.08. The first-order chi connectivity index (χ1) is 20.1. The molecule has 6 aromatic carbocycles. The van der Waals surface area contributed by atoms with Gasteiger partial charge in [-0.15, -0.1) is 0 Å². The van der Waals surface area contributed by atoms with Crippen molar-refractivity contribution in [3.8, 4) is 33.4 Å². The van der Waals surface area contributed by atoms with Crippen LogP contribution in [0.3, 0.4) is 0 Å². The number of aromatic nitrogens is 1. The van der Waals surface area contributed by atoms with Crippen molar-refractivity contribution in [3.05, 3.63) is 145 Å². The van der Waals surface area contributed by atoms with Crippen molar-refractivity contribution in [3.63, 3.8) is 0 Å². The molecule has 0 aliphatic carbocycles. The molecule has 0 radical (unpaired) electrons. The number of nitrogens with one attached hydrogen (secondary N) is 1. The molecule has 2 nitrogen and oxygen atoms in total. The van der Waals surface area contributed by atoms with E-state index in [1.807, 2.05) is 24.5 Å². The zero-order valence-electron chi connectivity index (χ0n) is 22.9. The summed E-state index contributed by atoms with van der Waals surface area (Å²) in [4.78, 5) is 4.17. The van der Waals surface area contributed by atoms with Gasteiger partial charge in [0.1, 0.15) is 0 Å². The molecule has 0 atom stereocenters. The number of pyridine rings is 1. The van der Waals surface area contributed by atoms with Gasteiger partial charge in [0.05, 0.1) is 0 Å². The molecule has 0 aliphatic heterocycles. The normalized spacial score (nSPS) is 11.9. The van der Waals surface area contributed by atoms with E-state index in [2.05, 4.69) is 109 Å². The summed E-state index contributed by atoms with van der Waals surface area (Å²) in [6.45, 7) is 6.09. The number of benzene rings is 6. The Morgan fingerprint density at radius 2 is 1.17 bits per heavy atom. The minimum atomic E-state index is 0.937. The predicted molar refractivity (Wildman–Crippen MR) is 176 cm³/mol. The minimum Gasteiger partial charge on any atom is -0.309 e. The number of rotatable bonds is 6. The molecule has 194 valence electrons. The zero-order valence-corrected chi connectivity index (χ0v) is 22.9. The second-order valence-corrected chi connectivity index (χ2v) is 10.5. The first-order valence-electron chi connectivity index (χ1n) is 13.8. The number of hydrogen-bond acceptors (Lipinski definition) is 2. The van der Waals surface area contributed by atoms with E-state index in [1.165, 1.54) is 66.3 Å². The molecule has 0 saturated carbocycles. The third kappa shape index (κ3) is 4.21. The van der Waals surface area contributed by atoms with Gasteiger partial charge in [-0.25, -0.2) is 0 Å². The summed E-state index contributed by atoms with van der Waals surface area (Å²) in [6, 6.07) is 37.6. The minimum absolute atomic E-state index is 0.937. The molecular formula is C39H28N2. The van der Waals surface area contributed by atoms with Gasteiger partial charge in [0.15, 0.2) is 0 Å². The van der Waals surface area contributed by atoms with Gasteiger partial charge in [-0.2, -0.15) is 0 Å². The van der Waals surface area contributed by atoms with Gasteiger partial charge in [-0.3, -0.25) is 4.98 Å². The molecule has 2 heteroatoms. The fourth-order valence-corrected chi connectivity index (χ4v) is 6.15. The van der Waals surface area contributed by atoms with E-state index in [0.717, 1.165) is 22.3 Å². The van der Waals surface area contributed by atoms with Gasteiger partial charge >= 0.3 is 0 Å². The molecule has 7 rings (SSSR count). The van der Waals surface area contributed by atoms with Crippen LogP contribution in [0.5, 0.6) is 0 Å². The lowest BCUT2D eigenvalue weighted by atomic mass is 9.85. The number of aryl methyl sites for hydroxylation is 1. The molecule has 0 aliphatic rings. The van der Waals surface area contributed by atoms with Gasteiger partial charge in [0, 0.05) is 18.6 Å². The number of allylic oxidation sites excluding steroid dienone is 3. The molecule has 0 fully saturated rings. The van der Waals surface area contributed by atoms with Crippen molar-refractivity contribution in [1.29, 1.82) is 5.41 Å². The molecule has 41 heavy (non-hydrogen) atoms. The first-order valence-corrected chi connectivity index (χ1v) is 13.8. The van der Waals surface area contributed by atoms with Gasteiger partial charge < -0.3 is 5.41 Å². The van der Waals surface area contributed by atoms with Crippen molar-refractivity contribution in [2.24, 2.45) is 0 Å². The van der Waals surface area contributed by atoms with E-state index < -0.39 is 0 Å². The number of nitrogens with zero attached hydrogens (tertiary/aromatic N) is 1. The van der Waals surface area contributed by atoms with E-state index in [9.17, 15) is 0 Å². The Kier molecular flexibility index (Phi) is 6.02. The maximum Gasteiger partial charge on any atom is 0.0273 e. The lowest BCUT2D eigenvalue weighted by molar-refractivity contribution is 1.33. The maximum absolute atomic E-state index is 7.48. The molecule has 0 amide bonds. The topological polar surface area (TPSA) is 36.7 Å². The van der Waals surface area contributed by atoms with Crippen LogP contribution in [0.15, 0.2) is 134 Å². The van der Waals surface area contributed by atoms with Crippen LogP contribution in [0.1, 0.15) is 11.1 Å². The van der Waals surface area contributed by atoms with Gasteiger partial charge in [0.25, 0.3) is 0 Å². The lowest BCUT2D eigenvalue weighted by Crippen LogP contribution is -1.92. The van der Waals surface area contributed by atoms with Gasteiger partial charge in [-0.05, 0) is 114 Å². The van der Waals surface area contributed by atoms with E-state index in [0.29, 0.717) is 0 Å². The molecule has 0 spiro atoms. The fourth-order valence-electron chi connectivity index (χ4n) is 6.15. The largest absolute Gasteiger partial charge is 0.309 e. The predicted octanol–water partition coefficient (Wildman–Crippen LogP) is 10.5. The van der Waals surface area contributed by atoms with Crippen LogP contribution in [0.4, 0.5) is 0 Å². The van der Waals surface area contributed by atoms with E-state index in [-0.39, 0.29) is 0 Å². The van der Waals surface area contributed by atoms with Crippen molar-refractivity contribution >= 4 is 44.1 Å². The first kappa shape index (κ1) is 24.7. The Labute approximate surface area is 239 Å². The molecular weight excluding hydrogens is 496 g/mol. The summed E-state index contributed by atoms with van der Waals surface area (Å²) in [7, 11) is 0. The summed E-state index contributed by atoms with van der Waals surface area (Å²) in [6.07, 6.45) is 8.55. The van der Waals surface area contributed by atoms with Crippen molar-refractivity contribution in [2.75, 3.05) is 0 Å². The van der Waals surface area contributed by atoms with Crippen LogP contribution in [0, 0.1) is 12.3 Å². The summed E-state index contributed by atoms with van der Waals surface area (Å²) in [5, 5.41) is 15.2. The van der Waals surface area contributed by atoms with Crippen LogP contribution in [-0.4, -0.2) is 11.2 Å². The fraction of sp³-hybridized carbons (Fsp3) is 0.0256. The monoisotopic (exact) mass is 524 g/mol. The van der Waals surface area contributed by atoms with Crippen molar-refractivity contribution < 1.29 is 0 Å². The SMILES string of the molecule is C=C/C(=C\C=N)c1ccc(-c2cc(-c3ccc(-c4ccncc4)cc3)c3ccc4cc(C)cc5ccc2c3c54)cc1. The highest BCUT2D eigenvalue weighted by Crippen LogP contribution is 2.44. The summed E-state index contributed by atoms with van der Waals surface area (Å²) in [5.74, 6) is 0. The average Bonchev–Trinajstić information content (AvgIpc) is 3.02. The van der Waals surface area contributed by atoms with Gasteiger partial charge in [-0.1, -0.05) is 97.6 Å². The third-order valence-corrected chi connectivity index (χ3v) is 8.08. The molecule has 0 bridgehead atoms. The Morgan fingerprint density at radius 3 is 1.73 bits per heavy atom. The molecule has 1 heterocycles. The standard InChI is InChI=1S/C39H28N2/c1-3-26(16-19-40)27-4-8-30(9-5-27)36-24-37(31-10-6-28(7-11-31)29-17-20-41-21-18-29)35-15-13-33-23-25(2)22-32-12-14-34(36)39(35)38(32)33/h3-24,40H,1H2,2H3/b26-16+,40-19?. The summed E-state index contributed by atoms with van der Waals surface area (Å²) < 4.78 is 0. The molecule has 1 N–H and O–H groups in total. The Hall–Kier alpha value is -5.34. The zero-order chi connectivity index (χ0) is 27.9. The van der Waals surface area contributed by atoms with Crippen LogP contribution in [0.25, 0.3) is 71.3 Å². The van der Waals surface area contributed by atoms with E-state index in [4.69, 9.17) is 5.41 Å².